The molecule has 1 heterocycles. The molecule has 0 atom stereocenters. The molecule has 4 rings (SSSR count). The maximum Gasteiger partial charge on any atom is 0.255 e. The van der Waals surface area contributed by atoms with E-state index in [2.05, 4.69) is 17.4 Å². The highest BCUT2D eigenvalue weighted by Crippen LogP contribution is 2.21. The largest absolute Gasteiger partial charge is 0.493 e. The molecular weight excluding hydrogens is 388 g/mol. The third-order valence-corrected chi connectivity index (χ3v) is 5.42. The number of amides is 2. The van der Waals surface area contributed by atoms with Crippen LogP contribution in [0.1, 0.15) is 39.1 Å². The summed E-state index contributed by atoms with van der Waals surface area (Å²) in [6, 6.07) is 24.4. The lowest BCUT2D eigenvalue weighted by Gasteiger charge is -2.18. The monoisotopic (exact) mass is 414 g/mol. The Bertz CT molecular complexity index is 1030. The average Bonchev–Trinajstić information content (AvgIpc) is 3.35. The minimum absolute atomic E-state index is 0.0319. The van der Waals surface area contributed by atoms with Gasteiger partial charge in [0, 0.05) is 25.1 Å². The fourth-order valence-electron chi connectivity index (χ4n) is 3.70. The van der Waals surface area contributed by atoms with Crippen LogP contribution in [-0.2, 0) is 6.42 Å². The SMILES string of the molecule is O=C(Nc1ccccc1C(=O)N1CCCC1)c1ccc(OCCc2ccccc2)cc1. The zero-order valence-corrected chi connectivity index (χ0v) is 17.4. The molecular formula is C26H26N2O3. The summed E-state index contributed by atoms with van der Waals surface area (Å²) in [5, 5.41) is 2.89. The molecule has 0 aliphatic carbocycles. The molecule has 1 aliphatic heterocycles. The molecule has 1 fully saturated rings. The van der Waals surface area contributed by atoms with Crippen LogP contribution in [0.15, 0.2) is 78.9 Å². The predicted molar refractivity (Wildman–Crippen MR) is 122 cm³/mol. The molecule has 1 N–H and O–H groups in total. The van der Waals surface area contributed by atoms with Gasteiger partial charge in [-0.05, 0) is 54.8 Å². The van der Waals surface area contributed by atoms with Crippen molar-refractivity contribution in [1.29, 1.82) is 0 Å². The van der Waals surface area contributed by atoms with Gasteiger partial charge in [-0.25, -0.2) is 0 Å². The Morgan fingerprint density at radius 2 is 1.52 bits per heavy atom. The number of anilines is 1. The van der Waals surface area contributed by atoms with Crippen LogP contribution in [0, 0.1) is 0 Å². The molecule has 5 nitrogen and oxygen atoms in total. The van der Waals surface area contributed by atoms with Crippen molar-refractivity contribution in [1.82, 2.24) is 4.90 Å². The lowest BCUT2D eigenvalue weighted by atomic mass is 10.1. The second kappa shape index (κ2) is 9.94. The van der Waals surface area contributed by atoms with Gasteiger partial charge >= 0.3 is 0 Å². The molecule has 0 bridgehead atoms. The highest BCUT2D eigenvalue weighted by Gasteiger charge is 2.22. The Morgan fingerprint density at radius 3 is 2.26 bits per heavy atom. The fourth-order valence-corrected chi connectivity index (χ4v) is 3.70. The minimum Gasteiger partial charge on any atom is -0.493 e. The lowest BCUT2D eigenvalue weighted by molar-refractivity contribution is 0.0794. The average molecular weight is 415 g/mol. The number of carbonyl (C=O) groups is 2. The smallest absolute Gasteiger partial charge is 0.255 e. The summed E-state index contributed by atoms with van der Waals surface area (Å²) in [5.41, 5.74) is 2.80. The summed E-state index contributed by atoms with van der Waals surface area (Å²) in [7, 11) is 0. The molecule has 0 unspecified atom stereocenters. The molecule has 158 valence electrons. The van der Waals surface area contributed by atoms with E-state index in [-0.39, 0.29) is 11.8 Å². The summed E-state index contributed by atoms with van der Waals surface area (Å²) < 4.78 is 5.79. The number of hydrogen-bond acceptors (Lipinski definition) is 3. The van der Waals surface area contributed by atoms with Crippen LogP contribution >= 0.6 is 0 Å². The summed E-state index contributed by atoms with van der Waals surface area (Å²) in [6.07, 6.45) is 2.88. The van der Waals surface area contributed by atoms with Crippen LogP contribution in [0.3, 0.4) is 0 Å². The number of para-hydroxylation sites is 1. The molecule has 2 amide bonds. The van der Waals surface area contributed by atoms with Gasteiger partial charge in [-0.1, -0.05) is 42.5 Å². The van der Waals surface area contributed by atoms with E-state index in [9.17, 15) is 9.59 Å². The number of hydrogen-bond donors (Lipinski definition) is 1. The van der Waals surface area contributed by atoms with Crippen molar-refractivity contribution in [3.63, 3.8) is 0 Å². The molecule has 3 aromatic carbocycles. The fraction of sp³-hybridized carbons (Fsp3) is 0.231. The van der Waals surface area contributed by atoms with Crippen molar-refractivity contribution >= 4 is 17.5 Å². The summed E-state index contributed by atoms with van der Waals surface area (Å²) in [4.78, 5) is 27.4. The van der Waals surface area contributed by atoms with E-state index in [1.54, 1.807) is 36.4 Å². The summed E-state index contributed by atoms with van der Waals surface area (Å²) >= 11 is 0. The van der Waals surface area contributed by atoms with Gasteiger partial charge < -0.3 is 15.0 Å². The maximum absolute atomic E-state index is 12.8. The number of carbonyl (C=O) groups excluding carboxylic acids is 2. The molecule has 0 radical (unpaired) electrons. The number of benzene rings is 3. The number of nitrogens with one attached hydrogen (secondary N) is 1. The Balaban J connectivity index is 1.36. The van der Waals surface area contributed by atoms with Gasteiger partial charge in [-0.3, -0.25) is 9.59 Å². The number of ether oxygens (including phenoxy) is 1. The van der Waals surface area contributed by atoms with E-state index < -0.39 is 0 Å². The topological polar surface area (TPSA) is 58.6 Å². The van der Waals surface area contributed by atoms with E-state index in [4.69, 9.17) is 4.74 Å². The zero-order valence-electron chi connectivity index (χ0n) is 17.4. The van der Waals surface area contributed by atoms with E-state index >= 15 is 0 Å². The minimum atomic E-state index is -0.252. The third-order valence-electron chi connectivity index (χ3n) is 5.42. The first-order chi connectivity index (χ1) is 15.2. The van der Waals surface area contributed by atoms with E-state index in [1.165, 1.54) is 5.56 Å². The Labute approximate surface area is 182 Å². The molecule has 0 saturated carbocycles. The highest BCUT2D eigenvalue weighted by atomic mass is 16.5. The molecule has 1 saturated heterocycles. The van der Waals surface area contributed by atoms with Crippen LogP contribution in [0.2, 0.25) is 0 Å². The van der Waals surface area contributed by atoms with Gasteiger partial charge in [-0.2, -0.15) is 0 Å². The van der Waals surface area contributed by atoms with Crippen molar-refractivity contribution in [2.24, 2.45) is 0 Å². The lowest BCUT2D eigenvalue weighted by Crippen LogP contribution is -2.28. The van der Waals surface area contributed by atoms with Crippen molar-refractivity contribution in [2.45, 2.75) is 19.3 Å². The third kappa shape index (κ3) is 5.31. The molecule has 31 heavy (non-hydrogen) atoms. The maximum atomic E-state index is 12.8. The van der Waals surface area contributed by atoms with Gasteiger partial charge in [-0.15, -0.1) is 0 Å². The predicted octanol–water partition coefficient (Wildman–Crippen LogP) is 4.80. The van der Waals surface area contributed by atoms with Crippen molar-refractivity contribution < 1.29 is 14.3 Å². The van der Waals surface area contributed by atoms with Gasteiger partial charge in [0.05, 0.1) is 17.9 Å². The molecule has 0 spiro atoms. The quantitative estimate of drug-likeness (QED) is 0.604. The van der Waals surface area contributed by atoms with Crippen LogP contribution in [-0.4, -0.2) is 36.4 Å². The molecule has 0 aromatic heterocycles. The molecule has 3 aromatic rings. The van der Waals surface area contributed by atoms with Crippen molar-refractivity contribution in [3.05, 3.63) is 95.6 Å². The number of nitrogens with zero attached hydrogens (tertiary/aromatic N) is 1. The Hall–Kier alpha value is -3.60. The first-order valence-corrected chi connectivity index (χ1v) is 10.7. The van der Waals surface area contributed by atoms with E-state index in [0.717, 1.165) is 38.1 Å². The Morgan fingerprint density at radius 1 is 0.839 bits per heavy atom. The second-order valence-corrected chi connectivity index (χ2v) is 7.61. The van der Waals surface area contributed by atoms with E-state index in [0.29, 0.717) is 23.4 Å². The van der Waals surface area contributed by atoms with Crippen molar-refractivity contribution in [3.8, 4) is 5.75 Å². The van der Waals surface area contributed by atoms with E-state index in [1.807, 2.05) is 35.2 Å². The van der Waals surface area contributed by atoms with Gasteiger partial charge in [0.15, 0.2) is 0 Å². The first-order valence-electron chi connectivity index (χ1n) is 10.7. The summed E-state index contributed by atoms with van der Waals surface area (Å²) in [6.45, 7) is 2.11. The van der Waals surface area contributed by atoms with Gasteiger partial charge in [0.2, 0.25) is 0 Å². The van der Waals surface area contributed by atoms with Gasteiger partial charge in [0.1, 0.15) is 5.75 Å². The Kier molecular flexibility index (Phi) is 6.62. The zero-order chi connectivity index (χ0) is 21.5. The number of rotatable bonds is 7. The van der Waals surface area contributed by atoms with Crippen LogP contribution < -0.4 is 10.1 Å². The van der Waals surface area contributed by atoms with Crippen LogP contribution in [0.25, 0.3) is 0 Å². The summed E-state index contributed by atoms with van der Waals surface area (Å²) in [5.74, 6) is 0.435. The molecule has 5 heteroatoms. The number of likely N-dealkylation sites (tertiary alicyclic amines) is 1. The normalized spacial score (nSPS) is 13.1. The van der Waals surface area contributed by atoms with Crippen LogP contribution in [0.4, 0.5) is 5.69 Å². The van der Waals surface area contributed by atoms with Crippen molar-refractivity contribution in [2.75, 3.05) is 25.0 Å². The molecule has 1 aliphatic rings. The highest BCUT2D eigenvalue weighted by molar-refractivity contribution is 6.09. The first kappa shape index (κ1) is 20.7. The standard InChI is InChI=1S/C26H26N2O3/c29-25(27-24-11-5-4-10-23(24)26(30)28-17-6-7-18-28)21-12-14-22(15-13-21)31-19-16-20-8-2-1-3-9-20/h1-5,8-15H,6-7,16-19H2,(H,27,29). The second-order valence-electron chi connectivity index (χ2n) is 7.61. The van der Waals surface area contributed by atoms with Crippen LogP contribution in [0.5, 0.6) is 5.75 Å². The van der Waals surface area contributed by atoms with Gasteiger partial charge in [0.25, 0.3) is 11.8 Å².